The minimum atomic E-state index is -1.14. The highest BCUT2D eigenvalue weighted by Crippen LogP contribution is 2.05. The van der Waals surface area contributed by atoms with Gasteiger partial charge in [-0.25, -0.2) is 4.79 Å². The van der Waals surface area contributed by atoms with Gasteiger partial charge in [0.05, 0.1) is 11.1 Å². The van der Waals surface area contributed by atoms with E-state index in [2.05, 4.69) is 10.3 Å². The Morgan fingerprint density at radius 2 is 2.15 bits per heavy atom. The fraction of sp³-hybridized carbons (Fsp3) is 0.125. The van der Waals surface area contributed by atoms with Crippen LogP contribution in [0, 0.1) is 0 Å². The largest absolute Gasteiger partial charge is 0.478 e. The molecule has 13 heavy (non-hydrogen) atoms. The predicted octanol–water partition coefficient (Wildman–Crippen LogP) is 0.139. The number of hydrogen-bond donors (Lipinski definition) is 2. The van der Waals surface area contributed by atoms with Crippen molar-refractivity contribution in [1.82, 2.24) is 10.3 Å². The fourth-order valence-electron chi connectivity index (χ4n) is 0.897. The topological polar surface area (TPSA) is 79.3 Å². The van der Waals surface area contributed by atoms with Crippen molar-refractivity contribution in [3.63, 3.8) is 0 Å². The molecule has 0 aromatic carbocycles. The molecule has 0 saturated carbocycles. The van der Waals surface area contributed by atoms with E-state index in [-0.39, 0.29) is 11.1 Å². The van der Waals surface area contributed by atoms with Gasteiger partial charge in [-0.2, -0.15) is 0 Å². The second-order valence-corrected chi connectivity index (χ2v) is 2.31. The van der Waals surface area contributed by atoms with Crippen LogP contribution >= 0.6 is 0 Å². The molecule has 1 heterocycles. The van der Waals surface area contributed by atoms with Gasteiger partial charge in [-0.1, -0.05) is 0 Å². The number of hydrogen-bond acceptors (Lipinski definition) is 3. The standard InChI is InChI=1S/C8H8N2O3/c1-9-7(11)6-4-10-3-2-5(6)8(12)13/h2-4H,1H3,(H,9,11)(H,12,13). The summed E-state index contributed by atoms with van der Waals surface area (Å²) in [5.41, 5.74) is 0.0202. The molecule has 0 aliphatic heterocycles. The van der Waals surface area contributed by atoms with Crippen LogP contribution in [0.5, 0.6) is 0 Å². The van der Waals surface area contributed by atoms with E-state index in [0.717, 1.165) is 0 Å². The van der Waals surface area contributed by atoms with Crippen molar-refractivity contribution < 1.29 is 14.7 Å². The molecule has 0 fully saturated rings. The minimum absolute atomic E-state index is 0.0469. The maximum Gasteiger partial charge on any atom is 0.336 e. The van der Waals surface area contributed by atoms with Gasteiger partial charge in [0.2, 0.25) is 0 Å². The van der Waals surface area contributed by atoms with Crippen LogP contribution < -0.4 is 5.32 Å². The Hall–Kier alpha value is -1.91. The quantitative estimate of drug-likeness (QED) is 0.678. The highest BCUT2D eigenvalue weighted by molar-refractivity contribution is 6.04. The van der Waals surface area contributed by atoms with E-state index in [1.165, 1.54) is 25.5 Å². The Morgan fingerprint density at radius 1 is 1.46 bits per heavy atom. The van der Waals surface area contributed by atoms with Crippen molar-refractivity contribution in [2.75, 3.05) is 7.05 Å². The normalized spacial score (nSPS) is 9.31. The van der Waals surface area contributed by atoms with Crippen LogP contribution in [0.2, 0.25) is 0 Å². The summed E-state index contributed by atoms with van der Waals surface area (Å²) in [7, 11) is 1.43. The monoisotopic (exact) mass is 180 g/mol. The number of carboxylic acid groups (broad SMARTS) is 1. The first-order chi connectivity index (χ1) is 6.16. The molecule has 0 aliphatic rings. The first kappa shape index (κ1) is 9.18. The van der Waals surface area contributed by atoms with Gasteiger partial charge in [-0.15, -0.1) is 0 Å². The number of amides is 1. The third-order valence-corrected chi connectivity index (χ3v) is 1.52. The van der Waals surface area contributed by atoms with Crippen molar-refractivity contribution in [2.24, 2.45) is 0 Å². The third kappa shape index (κ3) is 1.81. The minimum Gasteiger partial charge on any atom is -0.478 e. The van der Waals surface area contributed by atoms with Gasteiger partial charge in [0.1, 0.15) is 0 Å². The maximum absolute atomic E-state index is 11.1. The molecule has 1 aromatic rings. The molecule has 0 spiro atoms. The summed E-state index contributed by atoms with van der Waals surface area (Å²) in [6, 6.07) is 1.28. The van der Waals surface area contributed by atoms with Crippen LogP contribution in [0.3, 0.4) is 0 Å². The van der Waals surface area contributed by atoms with Crippen LogP contribution in [-0.2, 0) is 0 Å². The number of rotatable bonds is 2. The number of pyridine rings is 1. The average molecular weight is 180 g/mol. The van der Waals surface area contributed by atoms with Gasteiger partial charge in [0, 0.05) is 19.4 Å². The lowest BCUT2D eigenvalue weighted by molar-refractivity contribution is 0.0691. The molecular weight excluding hydrogens is 172 g/mol. The molecule has 0 aliphatic carbocycles. The first-order valence-electron chi connectivity index (χ1n) is 3.56. The second kappa shape index (κ2) is 3.66. The second-order valence-electron chi connectivity index (χ2n) is 2.31. The smallest absolute Gasteiger partial charge is 0.336 e. The molecule has 1 aromatic heterocycles. The van der Waals surface area contributed by atoms with Crippen LogP contribution in [-0.4, -0.2) is 29.0 Å². The lowest BCUT2D eigenvalue weighted by Gasteiger charge is -2.02. The number of aromatic nitrogens is 1. The van der Waals surface area contributed by atoms with Gasteiger partial charge >= 0.3 is 5.97 Å². The highest BCUT2D eigenvalue weighted by Gasteiger charge is 2.14. The Labute approximate surface area is 74.4 Å². The molecule has 0 unspecified atom stereocenters. The molecule has 1 rings (SSSR count). The summed E-state index contributed by atoms with van der Waals surface area (Å²) in [5.74, 6) is -1.59. The predicted molar refractivity (Wildman–Crippen MR) is 44.6 cm³/mol. The van der Waals surface area contributed by atoms with E-state index < -0.39 is 11.9 Å². The molecule has 5 nitrogen and oxygen atoms in total. The van der Waals surface area contributed by atoms with Gasteiger partial charge in [0.15, 0.2) is 0 Å². The van der Waals surface area contributed by atoms with Crippen molar-refractivity contribution in [1.29, 1.82) is 0 Å². The highest BCUT2D eigenvalue weighted by atomic mass is 16.4. The molecule has 2 N–H and O–H groups in total. The summed E-state index contributed by atoms with van der Waals surface area (Å²) in [6.45, 7) is 0. The van der Waals surface area contributed by atoms with Crippen molar-refractivity contribution >= 4 is 11.9 Å². The summed E-state index contributed by atoms with van der Waals surface area (Å²) < 4.78 is 0. The van der Waals surface area contributed by atoms with Crippen molar-refractivity contribution in [2.45, 2.75) is 0 Å². The Morgan fingerprint density at radius 3 is 2.69 bits per heavy atom. The number of nitrogens with one attached hydrogen (secondary N) is 1. The molecule has 0 atom stereocenters. The Balaban J connectivity index is 3.19. The van der Waals surface area contributed by atoms with Crippen LogP contribution in [0.1, 0.15) is 20.7 Å². The van der Waals surface area contributed by atoms with Crippen LogP contribution in [0.15, 0.2) is 18.5 Å². The third-order valence-electron chi connectivity index (χ3n) is 1.52. The van der Waals surface area contributed by atoms with Gasteiger partial charge < -0.3 is 10.4 Å². The molecule has 0 radical (unpaired) electrons. The van der Waals surface area contributed by atoms with Crippen LogP contribution in [0.25, 0.3) is 0 Å². The zero-order valence-electron chi connectivity index (χ0n) is 6.94. The van der Waals surface area contributed by atoms with E-state index in [0.29, 0.717) is 0 Å². The molecular formula is C8H8N2O3. The number of nitrogens with zero attached hydrogens (tertiary/aromatic N) is 1. The lowest BCUT2D eigenvalue weighted by Crippen LogP contribution is -2.21. The van der Waals surface area contributed by atoms with E-state index in [4.69, 9.17) is 5.11 Å². The van der Waals surface area contributed by atoms with Crippen molar-refractivity contribution in [3.05, 3.63) is 29.6 Å². The van der Waals surface area contributed by atoms with Gasteiger partial charge in [0.25, 0.3) is 5.91 Å². The zero-order valence-corrected chi connectivity index (χ0v) is 6.94. The number of carbonyl (C=O) groups excluding carboxylic acids is 1. The van der Waals surface area contributed by atoms with E-state index in [9.17, 15) is 9.59 Å². The Bertz CT molecular complexity index is 349. The maximum atomic E-state index is 11.1. The van der Waals surface area contributed by atoms with Crippen molar-refractivity contribution in [3.8, 4) is 0 Å². The summed E-state index contributed by atoms with van der Waals surface area (Å²) >= 11 is 0. The first-order valence-corrected chi connectivity index (χ1v) is 3.56. The molecule has 0 bridgehead atoms. The summed E-state index contributed by atoms with van der Waals surface area (Å²) in [4.78, 5) is 25.4. The van der Waals surface area contributed by atoms with Gasteiger partial charge in [-0.05, 0) is 6.07 Å². The lowest BCUT2D eigenvalue weighted by atomic mass is 10.1. The molecule has 68 valence electrons. The zero-order chi connectivity index (χ0) is 9.84. The summed E-state index contributed by atoms with van der Waals surface area (Å²) in [6.07, 6.45) is 2.55. The fourth-order valence-corrected chi connectivity index (χ4v) is 0.897. The van der Waals surface area contributed by atoms with E-state index in [1.54, 1.807) is 0 Å². The Kier molecular flexibility index (Phi) is 2.59. The van der Waals surface area contributed by atoms with E-state index >= 15 is 0 Å². The van der Waals surface area contributed by atoms with E-state index in [1.807, 2.05) is 0 Å². The number of carboxylic acids is 1. The van der Waals surface area contributed by atoms with Gasteiger partial charge in [-0.3, -0.25) is 9.78 Å². The SMILES string of the molecule is CNC(=O)c1cnccc1C(=O)O. The number of aromatic carboxylic acids is 1. The molecule has 0 saturated heterocycles. The average Bonchev–Trinajstić information content (AvgIpc) is 2.16. The summed E-state index contributed by atoms with van der Waals surface area (Å²) in [5, 5.41) is 11.0. The number of carbonyl (C=O) groups is 2. The molecule has 1 amide bonds. The van der Waals surface area contributed by atoms with Crippen LogP contribution in [0.4, 0.5) is 0 Å². The molecule has 5 heteroatoms.